The highest BCUT2D eigenvalue weighted by molar-refractivity contribution is 5.46. The molecule has 0 aliphatic rings. The van der Waals surface area contributed by atoms with Gasteiger partial charge in [-0.1, -0.05) is 12.1 Å². The minimum Gasteiger partial charge on any atom is -0.508 e. The lowest BCUT2D eigenvalue weighted by molar-refractivity contribution is -0.117. The molecule has 1 aromatic rings. The fourth-order valence-electron chi connectivity index (χ4n) is 0.927. The Bertz CT molecular complexity index is 256. The van der Waals surface area contributed by atoms with Crippen LogP contribution in [0.1, 0.15) is 5.56 Å². The molecule has 1 amide bonds. The number of hydrogen-bond donors (Lipinski definition) is 1. The second kappa shape index (κ2) is 3.76. The van der Waals surface area contributed by atoms with E-state index in [9.17, 15) is 4.79 Å². The van der Waals surface area contributed by atoms with Gasteiger partial charge in [0.05, 0.1) is 0 Å². The van der Waals surface area contributed by atoms with Crippen molar-refractivity contribution in [2.75, 3.05) is 7.05 Å². The maximum atomic E-state index is 10.3. The molecule has 0 spiro atoms. The van der Waals surface area contributed by atoms with Gasteiger partial charge in [0.1, 0.15) is 5.75 Å². The fraction of sp³-hybridized carbons (Fsp3) is 0.222. The number of amides is 1. The molecule has 1 aromatic carbocycles. The van der Waals surface area contributed by atoms with Gasteiger partial charge in [0.25, 0.3) is 0 Å². The number of hydrogen-bond acceptors (Lipinski definition) is 2. The molecule has 3 nitrogen and oxygen atoms in total. The van der Waals surface area contributed by atoms with Gasteiger partial charge in [0, 0.05) is 13.6 Å². The zero-order valence-corrected chi connectivity index (χ0v) is 6.90. The maximum absolute atomic E-state index is 10.3. The summed E-state index contributed by atoms with van der Waals surface area (Å²) in [4.78, 5) is 11.8. The standard InChI is InChI=1S/C9H11NO2/c1-10(7-11)6-8-2-4-9(12)5-3-8/h2-5,7,12H,6H2,1H3. The summed E-state index contributed by atoms with van der Waals surface area (Å²) in [6.45, 7) is 0.573. The number of carbonyl (C=O) groups excluding carboxylic acids is 1. The van der Waals surface area contributed by atoms with Gasteiger partial charge in [-0.3, -0.25) is 4.79 Å². The second-order valence-electron chi connectivity index (χ2n) is 2.69. The van der Waals surface area contributed by atoms with Crippen LogP contribution in [-0.2, 0) is 11.3 Å². The Balaban J connectivity index is 2.64. The highest BCUT2D eigenvalue weighted by Crippen LogP contribution is 2.10. The SMILES string of the molecule is CN(C=O)Cc1ccc(O)cc1. The molecular weight excluding hydrogens is 154 g/mol. The number of rotatable bonds is 3. The Hall–Kier alpha value is -1.51. The number of nitrogens with zero attached hydrogens (tertiary/aromatic N) is 1. The van der Waals surface area contributed by atoms with Crippen molar-refractivity contribution in [3.8, 4) is 5.75 Å². The van der Waals surface area contributed by atoms with E-state index in [0.717, 1.165) is 12.0 Å². The Kier molecular flexibility index (Phi) is 2.69. The first-order chi connectivity index (χ1) is 5.72. The smallest absolute Gasteiger partial charge is 0.209 e. The van der Waals surface area contributed by atoms with Crippen LogP contribution < -0.4 is 0 Å². The molecular formula is C9H11NO2. The van der Waals surface area contributed by atoms with Crippen molar-refractivity contribution in [3.63, 3.8) is 0 Å². The van der Waals surface area contributed by atoms with Crippen molar-refractivity contribution >= 4 is 6.41 Å². The zero-order valence-electron chi connectivity index (χ0n) is 6.90. The number of aromatic hydroxyl groups is 1. The number of phenols is 1. The van der Waals surface area contributed by atoms with E-state index in [1.807, 2.05) is 0 Å². The molecule has 1 rings (SSSR count). The Labute approximate surface area is 71.2 Å². The lowest BCUT2D eigenvalue weighted by atomic mass is 10.2. The van der Waals surface area contributed by atoms with E-state index >= 15 is 0 Å². The Morgan fingerprint density at radius 1 is 1.42 bits per heavy atom. The molecule has 3 heteroatoms. The molecule has 0 aliphatic heterocycles. The van der Waals surface area contributed by atoms with Crippen LogP contribution in [0, 0.1) is 0 Å². The van der Waals surface area contributed by atoms with E-state index in [1.54, 1.807) is 31.3 Å². The molecule has 12 heavy (non-hydrogen) atoms. The lowest BCUT2D eigenvalue weighted by Gasteiger charge is -2.09. The summed E-state index contributed by atoms with van der Waals surface area (Å²) < 4.78 is 0. The van der Waals surface area contributed by atoms with Gasteiger partial charge in [0.15, 0.2) is 0 Å². The average molecular weight is 165 g/mol. The predicted octanol–water partition coefficient (Wildman–Crippen LogP) is 0.980. The van der Waals surface area contributed by atoms with Gasteiger partial charge in [0.2, 0.25) is 6.41 Å². The third kappa shape index (κ3) is 2.27. The quantitative estimate of drug-likeness (QED) is 0.678. The molecule has 0 aromatic heterocycles. The summed E-state index contributed by atoms with van der Waals surface area (Å²) in [5.41, 5.74) is 1.00. The summed E-state index contributed by atoms with van der Waals surface area (Å²) in [6, 6.07) is 6.78. The first-order valence-corrected chi connectivity index (χ1v) is 3.66. The first-order valence-electron chi connectivity index (χ1n) is 3.66. The van der Waals surface area contributed by atoms with E-state index in [1.165, 1.54) is 4.90 Å². The van der Waals surface area contributed by atoms with E-state index in [-0.39, 0.29) is 5.75 Å². The third-order valence-corrected chi connectivity index (χ3v) is 1.55. The van der Waals surface area contributed by atoms with E-state index < -0.39 is 0 Å². The number of phenolic OH excluding ortho intramolecular Hbond substituents is 1. The highest BCUT2D eigenvalue weighted by atomic mass is 16.3. The lowest BCUT2D eigenvalue weighted by Crippen LogP contribution is -2.14. The molecule has 1 N–H and O–H groups in total. The molecule has 0 heterocycles. The molecule has 0 atom stereocenters. The molecule has 0 aliphatic carbocycles. The molecule has 0 fully saturated rings. The molecule has 0 bridgehead atoms. The van der Waals surface area contributed by atoms with Crippen LogP contribution in [0.15, 0.2) is 24.3 Å². The van der Waals surface area contributed by atoms with E-state index in [4.69, 9.17) is 5.11 Å². The normalized spacial score (nSPS) is 9.42. The van der Waals surface area contributed by atoms with Crippen molar-refractivity contribution in [1.82, 2.24) is 4.90 Å². The van der Waals surface area contributed by atoms with Crippen molar-refractivity contribution in [2.45, 2.75) is 6.54 Å². The van der Waals surface area contributed by atoms with Crippen LogP contribution in [0.3, 0.4) is 0 Å². The van der Waals surface area contributed by atoms with Crippen molar-refractivity contribution in [2.24, 2.45) is 0 Å². The Morgan fingerprint density at radius 3 is 2.50 bits per heavy atom. The van der Waals surface area contributed by atoms with Crippen LogP contribution in [0.5, 0.6) is 5.75 Å². The monoisotopic (exact) mass is 165 g/mol. The molecule has 0 saturated carbocycles. The van der Waals surface area contributed by atoms with Crippen LogP contribution in [0.25, 0.3) is 0 Å². The van der Waals surface area contributed by atoms with Gasteiger partial charge in [-0.05, 0) is 17.7 Å². The van der Waals surface area contributed by atoms with Crippen molar-refractivity contribution in [1.29, 1.82) is 0 Å². The van der Waals surface area contributed by atoms with Crippen LogP contribution >= 0.6 is 0 Å². The second-order valence-corrected chi connectivity index (χ2v) is 2.69. The van der Waals surface area contributed by atoms with Crippen LogP contribution in [0.4, 0.5) is 0 Å². The molecule has 0 unspecified atom stereocenters. The minimum atomic E-state index is 0.243. The Morgan fingerprint density at radius 2 is 2.00 bits per heavy atom. The summed E-state index contributed by atoms with van der Waals surface area (Å²) >= 11 is 0. The summed E-state index contributed by atoms with van der Waals surface area (Å²) in [7, 11) is 1.71. The summed E-state index contributed by atoms with van der Waals surface area (Å²) in [5.74, 6) is 0.243. The average Bonchev–Trinajstić information content (AvgIpc) is 2.09. The number of carbonyl (C=O) groups is 1. The maximum Gasteiger partial charge on any atom is 0.209 e. The highest BCUT2D eigenvalue weighted by Gasteiger charge is 1.96. The summed E-state index contributed by atoms with van der Waals surface area (Å²) in [6.07, 6.45) is 0.771. The largest absolute Gasteiger partial charge is 0.508 e. The van der Waals surface area contributed by atoms with Crippen molar-refractivity contribution in [3.05, 3.63) is 29.8 Å². The van der Waals surface area contributed by atoms with Gasteiger partial charge >= 0.3 is 0 Å². The van der Waals surface area contributed by atoms with Crippen LogP contribution in [-0.4, -0.2) is 23.5 Å². The van der Waals surface area contributed by atoms with Crippen LogP contribution in [0.2, 0.25) is 0 Å². The van der Waals surface area contributed by atoms with Gasteiger partial charge in [-0.2, -0.15) is 0 Å². The molecule has 0 saturated heterocycles. The first kappa shape index (κ1) is 8.59. The minimum absolute atomic E-state index is 0.243. The zero-order chi connectivity index (χ0) is 8.97. The van der Waals surface area contributed by atoms with E-state index in [0.29, 0.717) is 6.54 Å². The van der Waals surface area contributed by atoms with Crippen molar-refractivity contribution < 1.29 is 9.90 Å². The van der Waals surface area contributed by atoms with Gasteiger partial charge in [-0.25, -0.2) is 0 Å². The topological polar surface area (TPSA) is 40.5 Å². The third-order valence-electron chi connectivity index (χ3n) is 1.55. The van der Waals surface area contributed by atoms with E-state index in [2.05, 4.69) is 0 Å². The fourth-order valence-corrected chi connectivity index (χ4v) is 0.927. The summed E-state index contributed by atoms with van der Waals surface area (Å²) in [5, 5.41) is 8.96. The van der Waals surface area contributed by atoms with Gasteiger partial charge in [-0.15, -0.1) is 0 Å². The predicted molar refractivity (Wildman–Crippen MR) is 45.6 cm³/mol. The molecule has 64 valence electrons. The number of benzene rings is 1. The van der Waals surface area contributed by atoms with Gasteiger partial charge < -0.3 is 10.0 Å². The molecule has 0 radical (unpaired) electrons.